The van der Waals surface area contributed by atoms with Gasteiger partial charge in [0, 0.05) is 13.1 Å². The summed E-state index contributed by atoms with van der Waals surface area (Å²) in [7, 11) is 0. The van der Waals surface area contributed by atoms with Gasteiger partial charge in [0.2, 0.25) is 5.91 Å². The van der Waals surface area contributed by atoms with Gasteiger partial charge in [0.15, 0.2) is 0 Å². The molecule has 1 heterocycles. The van der Waals surface area contributed by atoms with E-state index in [0.717, 1.165) is 18.5 Å². The Hall–Kier alpha value is -1.88. The van der Waals surface area contributed by atoms with Gasteiger partial charge in [-0.1, -0.05) is 18.2 Å². The number of nitrogens with two attached hydrogens (primary N) is 1. The lowest BCUT2D eigenvalue weighted by molar-refractivity contribution is -0.121. The van der Waals surface area contributed by atoms with Gasteiger partial charge in [-0.15, -0.1) is 0 Å². The average molecular weight is 248 g/mol. The zero-order chi connectivity index (χ0) is 13.1. The highest BCUT2D eigenvalue weighted by atomic mass is 16.4. The van der Waals surface area contributed by atoms with Crippen molar-refractivity contribution in [1.82, 2.24) is 4.90 Å². The minimum Gasteiger partial charge on any atom is -0.478 e. The van der Waals surface area contributed by atoms with Gasteiger partial charge in [0.25, 0.3) is 0 Å². The number of aromatic carboxylic acids is 1. The molecular weight excluding hydrogens is 232 g/mol. The van der Waals surface area contributed by atoms with Crippen LogP contribution in [0.4, 0.5) is 0 Å². The second kappa shape index (κ2) is 5.18. The minimum atomic E-state index is -0.920. The maximum Gasteiger partial charge on any atom is 0.336 e. The van der Waals surface area contributed by atoms with E-state index in [1.54, 1.807) is 18.2 Å². The number of carbonyl (C=O) groups is 2. The lowest BCUT2D eigenvalue weighted by Crippen LogP contribution is -2.27. The molecule has 5 nitrogen and oxygen atoms in total. The van der Waals surface area contributed by atoms with Gasteiger partial charge >= 0.3 is 5.97 Å². The maximum atomic E-state index is 11.1. The van der Waals surface area contributed by atoms with Crippen LogP contribution in [0, 0.1) is 5.92 Å². The number of carbonyl (C=O) groups excluding carboxylic acids is 1. The van der Waals surface area contributed by atoms with E-state index in [2.05, 4.69) is 4.90 Å². The molecule has 1 aromatic rings. The van der Waals surface area contributed by atoms with Crippen LogP contribution in [0.15, 0.2) is 24.3 Å². The van der Waals surface area contributed by atoms with Gasteiger partial charge in [-0.25, -0.2) is 4.79 Å². The molecule has 0 aromatic heterocycles. The molecule has 1 aliphatic heterocycles. The fraction of sp³-hybridized carbons (Fsp3) is 0.385. The molecular formula is C13H16N2O3. The van der Waals surface area contributed by atoms with Gasteiger partial charge in [-0.2, -0.15) is 0 Å². The number of nitrogens with zero attached hydrogens (tertiary/aromatic N) is 1. The molecule has 1 atom stereocenters. The first kappa shape index (κ1) is 12.6. The molecule has 5 heteroatoms. The van der Waals surface area contributed by atoms with Crippen LogP contribution in [0.1, 0.15) is 22.3 Å². The number of hydrogen-bond donors (Lipinski definition) is 2. The Morgan fingerprint density at radius 1 is 1.39 bits per heavy atom. The molecule has 2 rings (SSSR count). The molecule has 0 aliphatic carbocycles. The number of carboxylic acid groups (broad SMARTS) is 1. The zero-order valence-electron chi connectivity index (χ0n) is 10.0. The summed E-state index contributed by atoms with van der Waals surface area (Å²) in [5, 5.41) is 9.09. The highest BCUT2D eigenvalue weighted by Gasteiger charge is 2.27. The molecule has 1 aromatic carbocycles. The molecule has 18 heavy (non-hydrogen) atoms. The van der Waals surface area contributed by atoms with E-state index in [1.165, 1.54) is 0 Å². The van der Waals surface area contributed by atoms with Crippen molar-refractivity contribution in [3.8, 4) is 0 Å². The van der Waals surface area contributed by atoms with E-state index in [1.807, 2.05) is 6.07 Å². The third kappa shape index (κ3) is 2.68. The molecule has 0 radical (unpaired) electrons. The van der Waals surface area contributed by atoms with Crippen molar-refractivity contribution in [2.75, 3.05) is 13.1 Å². The van der Waals surface area contributed by atoms with Crippen molar-refractivity contribution in [2.45, 2.75) is 13.0 Å². The lowest BCUT2D eigenvalue weighted by atomic mass is 10.1. The van der Waals surface area contributed by atoms with Crippen LogP contribution >= 0.6 is 0 Å². The number of primary amides is 1. The first-order valence-electron chi connectivity index (χ1n) is 5.91. The summed E-state index contributed by atoms with van der Waals surface area (Å²) < 4.78 is 0. The Bertz CT molecular complexity index is 473. The van der Waals surface area contributed by atoms with E-state index in [-0.39, 0.29) is 11.8 Å². The van der Waals surface area contributed by atoms with Gasteiger partial charge in [0.1, 0.15) is 0 Å². The average Bonchev–Trinajstić information content (AvgIpc) is 2.78. The van der Waals surface area contributed by atoms with E-state index < -0.39 is 5.97 Å². The van der Waals surface area contributed by atoms with Gasteiger partial charge in [-0.3, -0.25) is 9.69 Å². The summed E-state index contributed by atoms with van der Waals surface area (Å²) in [6.45, 7) is 1.94. The standard InChI is InChI=1S/C13H16N2O3/c14-12(16)10-5-6-15(8-10)7-9-3-1-2-4-11(9)13(17)18/h1-4,10H,5-8H2,(H2,14,16)(H,17,18). The van der Waals surface area contributed by atoms with Gasteiger partial charge < -0.3 is 10.8 Å². The summed E-state index contributed by atoms with van der Waals surface area (Å²) in [6, 6.07) is 6.94. The Labute approximate surface area is 105 Å². The second-order valence-corrected chi connectivity index (χ2v) is 4.59. The van der Waals surface area contributed by atoms with Crippen molar-refractivity contribution in [3.05, 3.63) is 35.4 Å². The van der Waals surface area contributed by atoms with E-state index in [0.29, 0.717) is 18.7 Å². The first-order valence-corrected chi connectivity index (χ1v) is 5.91. The normalized spacial score (nSPS) is 19.9. The monoisotopic (exact) mass is 248 g/mol. The van der Waals surface area contributed by atoms with Gasteiger partial charge in [0.05, 0.1) is 11.5 Å². The van der Waals surface area contributed by atoms with Crippen LogP contribution in [-0.2, 0) is 11.3 Å². The predicted molar refractivity (Wildman–Crippen MR) is 66.0 cm³/mol. The highest BCUT2D eigenvalue weighted by Crippen LogP contribution is 2.20. The summed E-state index contributed by atoms with van der Waals surface area (Å²) in [5.41, 5.74) is 6.36. The smallest absolute Gasteiger partial charge is 0.336 e. The van der Waals surface area contributed by atoms with Crippen LogP contribution in [0.2, 0.25) is 0 Å². The molecule has 0 bridgehead atoms. The Balaban J connectivity index is 2.07. The van der Waals surface area contributed by atoms with Crippen LogP contribution < -0.4 is 5.73 Å². The second-order valence-electron chi connectivity index (χ2n) is 4.59. The third-order valence-corrected chi connectivity index (χ3v) is 3.32. The number of benzene rings is 1. The summed E-state index contributed by atoms with van der Waals surface area (Å²) in [6.07, 6.45) is 0.755. The van der Waals surface area contributed by atoms with E-state index in [9.17, 15) is 9.59 Å². The quantitative estimate of drug-likeness (QED) is 0.821. The van der Waals surface area contributed by atoms with Crippen LogP contribution in [0.5, 0.6) is 0 Å². The molecule has 1 aliphatic rings. The predicted octanol–water partition coefficient (Wildman–Crippen LogP) is 0.692. The van der Waals surface area contributed by atoms with Crippen molar-refractivity contribution < 1.29 is 14.7 Å². The molecule has 1 amide bonds. The molecule has 96 valence electrons. The molecule has 0 saturated carbocycles. The maximum absolute atomic E-state index is 11.1. The Morgan fingerprint density at radius 2 is 2.11 bits per heavy atom. The minimum absolute atomic E-state index is 0.109. The fourth-order valence-corrected chi connectivity index (χ4v) is 2.32. The van der Waals surface area contributed by atoms with E-state index >= 15 is 0 Å². The van der Waals surface area contributed by atoms with Crippen molar-refractivity contribution in [3.63, 3.8) is 0 Å². The summed E-state index contributed by atoms with van der Waals surface area (Å²) in [4.78, 5) is 24.2. The number of hydrogen-bond acceptors (Lipinski definition) is 3. The molecule has 1 saturated heterocycles. The van der Waals surface area contributed by atoms with Crippen molar-refractivity contribution >= 4 is 11.9 Å². The van der Waals surface area contributed by atoms with Crippen LogP contribution in [-0.4, -0.2) is 35.0 Å². The third-order valence-electron chi connectivity index (χ3n) is 3.32. The Kier molecular flexibility index (Phi) is 3.62. The highest BCUT2D eigenvalue weighted by molar-refractivity contribution is 5.89. The fourth-order valence-electron chi connectivity index (χ4n) is 2.32. The number of carboxylic acids is 1. The molecule has 0 spiro atoms. The number of amides is 1. The van der Waals surface area contributed by atoms with Crippen molar-refractivity contribution in [2.24, 2.45) is 11.7 Å². The van der Waals surface area contributed by atoms with Gasteiger partial charge in [-0.05, 0) is 24.6 Å². The topological polar surface area (TPSA) is 83.6 Å². The molecule has 3 N–H and O–H groups in total. The Morgan fingerprint density at radius 3 is 2.72 bits per heavy atom. The number of likely N-dealkylation sites (tertiary alicyclic amines) is 1. The zero-order valence-corrected chi connectivity index (χ0v) is 10.0. The SMILES string of the molecule is NC(=O)C1CCN(Cc2ccccc2C(=O)O)C1. The van der Waals surface area contributed by atoms with E-state index in [4.69, 9.17) is 10.8 Å². The largest absolute Gasteiger partial charge is 0.478 e. The molecule has 1 fully saturated rings. The summed E-state index contributed by atoms with van der Waals surface area (Å²) >= 11 is 0. The molecule has 1 unspecified atom stereocenters. The van der Waals surface area contributed by atoms with Crippen molar-refractivity contribution in [1.29, 1.82) is 0 Å². The lowest BCUT2D eigenvalue weighted by Gasteiger charge is -2.16. The van der Waals surface area contributed by atoms with Crippen LogP contribution in [0.25, 0.3) is 0 Å². The number of rotatable bonds is 4. The summed E-state index contributed by atoms with van der Waals surface area (Å²) in [5.74, 6) is -1.30. The first-order chi connectivity index (χ1) is 8.58. The van der Waals surface area contributed by atoms with Crippen LogP contribution in [0.3, 0.4) is 0 Å².